The van der Waals surface area contributed by atoms with Gasteiger partial charge >= 0.3 is 0 Å². The van der Waals surface area contributed by atoms with Gasteiger partial charge in [0.15, 0.2) is 5.82 Å². The zero-order valence-electron chi connectivity index (χ0n) is 10.8. The largest absolute Gasteiger partial charge is 0.399 e. The van der Waals surface area contributed by atoms with Crippen LogP contribution < -0.4 is 11.5 Å². The molecule has 0 amide bonds. The topological polar surface area (TPSA) is 95.6 Å². The number of aryl methyl sites for hydroxylation is 2. The van der Waals surface area contributed by atoms with Crippen molar-refractivity contribution in [3.8, 4) is 5.69 Å². The van der Waals surface area contributed by atoms with Crippen LogP contribution in [0.1, 0.15) is 11.3 Å². The summed E-state index contributed by atoms with van der Waals surface area (Å²) in [6, 6.07) is 5.66. The standard InChI is InChI=1S/C13H14N6/c1-7-5-9(14)3-4-10(7)19-12-11(8(2)18-19)16-6-17-13(12)15/h3-6H,14H2,1-2H3,(H2,15,16,17). The van der Waals surface area contributed by atoms with Crippen molar-refractivity contribution < 1.29 is 0 Å². The number of nitrogens with two attached hydrogens (primary N) is 2. The van der Waals surface area contributed by atoms with Gasteiger partial charge in [0.1, 0.15) is 17.4 Å². The van der Waals surface area contributed by atoms with Gasteiger partial charge in [0.25, 0.3) is 0 Å². The molecule has 0 saturated heterocycles. The number of fused-ring (bicyclic) bond motifs is 1. The molecule has 0 spiro atoms. The summed E-state index contributed by atoms with van der Waals surface area (Å²) in [6.07, 6.45) is 1.45. The second-order valence-electron chi connectivity index (χ2n) is 4.50. The zero-order valence-corrected chi connectivity index (χ0v) is 10.8. The quantitative estimate of drug-likeness (QED) is 0.643. The van der Waals surface area contributed by atoms with Crippen LogP contribution in [0.15, 0.2) is 24.5 Å². The van der Waals surface area contributed by atoms with E-state index in [4.69, 9.17) is 11.5 Å². The van der Waals surface area contributed by atoms with Crippen molar-refractivity contribution in [3.05, 3.63) is 35.8 Å². The van der Waals surface area contributed by atoms with Crippen molar-refractivity contribution >= 4 is 22.5 Å². The van der Waals surface area contributed by atoms with E-state index >= 15 is 0 Å². The molecule has 0 aliphatic carbocycles. The summed E-state index contributed by atoms with van der Waals surface area (Å²) in [5.74, 6) is 0.418. The van der Waals surface area contributed by atoms with Gasteiger partial charge < -0.3 is 11.5 Å². The van der Waals surface area contributed by atoms with E-state index in [1.807, 2.05) is 32.0 Å². The highest BCUT2D eigenvalue weighted by Crippen LogP contribution is 2.25. The van der Waals surface area contributed by atoms with Crippen LogP contribution in [0.4, 0.5) is 11.5 Å². The molecule has 0 bridgehead atoms. The lowest BCUT2D eigenvalue weighted by Gasteiger charge is -2.08. The Kier molecular flexibility index (Phi) is 2.38. The second-order valence-corrected chi connectivity index (χ2v) is 4.50. The Morgan fingerprint density at radius 2 is 1.89 bits per heavy atom. The van der Waals surface area contributed by atoms with E-state index in [0.29, 0.717) is 5.82 Å². The molecule has 3 aromatic rings. The molecule has 4 N–H and O–H groups in total. The molecule has 0 unspecified atom stereocenters. The van der Waals surface area contributed by atoms with Crippen molar-refractivity contribution in [2.45, 2.75) is 13.8 Å². The third kappa shape index (κ3) is 1.69. The van der Waals surface area contributed by atoms with Crippen LogP contribution in [0.25, 0.3) is 16.7 Å². The lowest BCUT2D eigenvalue weighted by molar-refractivity contribution is 0.881. The summed E-state index contributed by atoms with van der Waals surface area (Å²) in [7, 11) is 0. The van der Waals surface area contributed by atoms with E-state index in [2.05, 4.69) is 15.1 Å². The van der Waals surface area contributed by atoms with Crippen molar-refractivity contribution in [2.24, 2.45) is 0 Å². The molecule has 1 aromatic carbocycles. The summed E-state index contributed by atoms with van der Waals surface area (Å²) in [5, 5.41) is 4.50. The molecule has 2 heterocycles. The molecule has 0 fully saturated rings. The third-order valence-electron chi connectivity index (χ3n) is 3.10. The van der Waals surface area contributed by atoms with Crippen LogP contribution in [0, 0.1) is 13.8 Å². The van der Waals surface area contributed by atoms with Crippen molar-refractivity contribution in [3.63, 3.8) is 0 Å². The number of hydrogen-bond donors (Lipinski definition) is 2. The smallest absolute Gasteiger partial charge is 0.153 e. The summed E-state index contributed by atoms with van der Waals surface area (Å²) < 4.78 is 1.77. The van der Waals surface area contributed by atoms with Crippen molar-refractivity contribution in [2.75, 3.05) is 11.5 Å². The van der Waals surface area contributed by atoms with Crippen LogP contribution in [-0.4, -0.2) is 19.7 Å². The van der Waals surface area contributed by atoms with Crippen molar-refractivity contribution in [1.82, 2.24) is 19.7 Å². The highest BCUT2D eigenvalue weighted by Gasteiger charge is 2.14. The van der Waals surface area contributed by atoms with E-state index in [-0.39, 0.29) is 0 Å². The summed E-state index contributed by atoms with van der Waals surface area (Å²) in [5.41, 5.74) is 16.7. The maximum Gasteiger partial charge on any atom is 0.153 e. The lowest BCUT2D eigenvalue weighted by Crippen LogP contribution is -2.03. The number of benzene rings is 1. The minimum Gasteiger partial charge on any atom is -0.399 e. The van der Waals surface area contributed by atoms with Crippen LogP contribution in [-0.2, 0) is 0 Å². The van der Waals surface area contributed by atoms with Crippen LogP contribution in [0.5, 0.6) is 0 Å². The molecule has 0 atom stereocenters. The van der Waals surface area contributed by atoms with E-state index in [9.17, 15) is 0 Å². The van der Waals surface area contributed by atoms with Gasteiger partial charge in [-0.1, -0.05) is 0 Å². The first kappa shape index (κ1) is 11.5. The van der Waals surface area contributed by atoms with Gasteiger partial charge in [-0.05, 0) is 37.6 Å². The molecule has 19 heavy (non-hydrogen) atoms. The highest BCUT2D eigenvalue weighted by atomic mass is 15.3. The van der Waals surface area contributed by atoms with E-state index in [1.165, 1.54) is 6.33 Å². The predicted molar refractivity (Wildman–Crippen MR) is 75.0 cm³/mol. The molecule has 6 nitrogen and oxygen atoms in total. The monoisotopic (exact) mass is 254 g/mol. The molecule has 0 saturated carbocycles. The van der Waals surface area contributed by atoms with Gasteiger partial charge in [-0.3, -0.25) is 0 Å². The van der Waals surface area contributed by atoms with E-state index in [0.717, 1.165) is 33.7 Å². The Morgan fingerprint density at radius 1 is 1.11 bits per heavy atom. The molecule has 3 rings (SSSR count). The van der Waals surface area contributed by atoms with Gasteiger partial charge in [0.05, 0.1) is 11.4 Å². The number of nitrogen functional groups attached to an aromatic ring is 2. The Balaban J connectivity index is 2.37. The zero-order chi connectivity index (χ0) is 13.6. The number of rotatable bonds is 1. The summed E-state index contributed by atoms with van der Waals surface area (Å²) >= 11 is 0. The second kappa shape index (κ2) is 3.94. The number of anilines is 2. The highest BCUT2D eigenvalue weighted by molar-refractivity contribution is 5.87. The molecule has 6 heteroatoms. The Hall–Kier alpha value is -2.63. The van der Waals surface area contributed by atoms with Gasteiger partial charge in [-0.15, -0.1) is 0 Å². The Morgan fingerprint density at radius 3 is 2.63 bits per heavy atom. The van der Waals surface area contributed by atoms with Crippen LogP contribution in [0.2, 0.25) is 0 Å². The fraction of sp³-hybridized carbons (Fsp3) is 0.154. The first-order valence-corrected chi connectivity index (χ1v) is 5.90. The van der Waals surface area contributed by atoms with E-state index < -0.39 is 0 Å². The fourth-order valence-electron chi connectivity index (χ4n) is 2.20. The number of aromatic nitrogens is 4. The normalized spacial score (nSPS) is 11.1. The fourth-order valence-corrected chi connectivity index (χ4v) is 2.20. The SMILES string of the molecule is Cc1cc(N)ccc1-n1nc(C)c2ncnc(N)c21. The average Bonchev–Trinajstić information content (AvgIpc) is 2.68. The molecule has 0 aliphatic heterocycles. The molecule has 2 aromatic heterocycles. The van der Waals surface area contributed by atoms with Crippen molar-refractivity contribution in [1.29, 1.82) is 0 Å². The van der Waals surface area contributed by atoms with Crippen LogP contribution in [0.3, 0.4) is 0 Å². The number of nitrogens with zero attached hydrogens (tertiary/aromatic N) is 4. The van der Waals surface area contributed by atoms with Gasteiger partial charge in [-0.2, -0.15) is 5.10 Å². The Labute approximate surface area is 110 Å². The first-order valence-electron chi connectivity index (χ1n) is 5.90. The first-order chi connectivity index (χ1) is 9.08. The molecule has 96 valence electrons. The van der Waals surface area contributed by atoms with Gasteiger partial charge in [0, 0.05) is 5.69 Å². The summed E-state index contributed by atoms with van der Waals surface area (Å²) in [6.45, 7) is 3.88. The Bertz CT molecular complexity index is 774. The van der Waals surface area contributed by atoms with Gasteiger partial charge in [-0.25, -0.2) is 14.6 Å². The molecular weight excluding hydrogens is 240 g/mol. The minimum atomic E-state index is 0.418. The molecule has 0 aliphatic rings. The van der Waals surface area contributed by atoms with Gasteiger partial charge in [0.2, 0.25) is 0 Å². The lowest BCUT2D eigenvalue weighted by atomic mass is 10.2. The van der Waals surface area contributed by atoms with E-state index in [1.54, 1.807) is 4.68 Å². The third-order valence-corrected chi connectivity index (χ3v) is 3.10. The minimum absolute atomic E-state index is 0.418. The molecular formula is C13H14N6. The van der Waals surface area contributed by atoms with Crippen LogP contribution >= 0.6 is 0 Å². The summed E-state index contributed by atoms with van der Waals surface area (Å²) in [4.78, 5) is 8.27. The molecule has 0 radical (unpaired) electrons. The number of hydrogen-bond acceptors (Lipinski definition) is 5. The maximum absolute atomic E-state index is 5.95. The predicted octanol–water partition coefficient (Wildman–Crippen LogP) is 1.60. The maximum atomic E-state index is 5.95. The average molecular weight is 254 g/mol.